The highest BCUT2D eigenvalue weighted by atomic mass is 32.2. The number of ether oxygens (including phenoxy) is 2. The molecule has 0 spiro atoms. The number of hydrogen-bond donors (Lipinski definition) is 1. The number of carbonyl (C=O) groups is 1. The van der Waals surface area contributed by atoms with E-state index in [-0.39, 0.29) is 5.91 Å². The second-order valence-corrected chi connectivity index (χ2v) is 6.01. The predicted molar refractivity (Wildman–Crippen MR) is 83.4 cm³/mol. The lowest BCUT2D eigenvalue weighted by atomic mass is 10.3. The van der Waals surface area contributed by atoms with Gasteiger partial charge in [0.1, 0.15) is 0 Å². The predicted octanol–water partition coefficient (Wildman–Crippen LogP) is 2.67. The summed E-state index contributed by atoms with van der Waals surface area (Å²) in [5.41, 5.74) is 0. The molecule has 2 aromatic rings. The van der Waals surface area contributed by atoms with E-state index in [1.807, 2.05) is 18.4 Å². The standard InChI is InChI=1S/C13H15N3O3S2/c1-8(19-10-7-5-4-6-9(10)18-2)11(17)14-12-15-16-13(20-3)21-12/h4-8H,1-3H3,(H,14,15,17)/t8-/m0/s1. The molecular formula is C13H15N3O3S2. The van der Waals surface area contributed by atoms with E-state index in [9.17, 15) is 4.79 Å². The summed E-state index contributed by atoms with van der Waals surface area (Å²) < 4.78 is 11.6. The maximum atomic E-state index is 12.1. The second-order valence-electron chi connectivity index (χ2n) is 3.98. The van der Waals surface area contributed by atoms with E-state index >= 15 is 0 Å². The normalized spacial score (nSPS) is 11.8. The van der Waals surface area contributed by atoms with Crippen LogP contribution in [0.3, 0.4) is 0 Å². The van der Waals surface area contributed by atoms with Crippen LogP contribution in [0, 0.1) is 0 Å². The minimum atomic E-state index is -0.678. The molecule has 1 aromatic carbocycles. The van der Waals surface area contributed by atoms with Crippen LogP contribution >= 0.6 is 23.1 Å². The van der Waals surface area contributed by atoms with Gasteiger partial charge in [-0.05, 0) is 25.3 Å². The average molecular weight is 325 g/mol. The molecule has 0 saturated heterocycles. The Labute approximate surface area is 130 Å². The highest BCUT2D eigenvalue weighted by Crippen LogP contribution is 2.27. The number of carbonyl (C=O) groups excluding carboxylic acids is 1. The quantitative estimate of drug-likeness (QED) is 0.650. The number of benzene rings is 1. The summed E-state index contributed by atoms with van der Waals surface area (Å²) in [6.45, 7) is 1.66. The fourth-order valence-corrected chi connectivity index (χ4v) is 2.68. The monoisotopic (exact) mass is 325 g/mol. The van der Waals surface area contributed by atoms with E-state index in [0.717, 1.165) is 4.34 Å². The number of rotatable bonds is 6. The fourth-order valence-electron chi connectivity index (χ4n) is 1.51. The van der Waals surface area contributed by atoms with E-state index in [1.54, 1.807) is 26.2 Å². The zero-order valence-corrected chi connectivity index (χ0v) is 13.5. The summed E-state index contributed by atoms with van der Waals surface area (Å²) in [4.78, 5) is 12.1. The number of aromatic nitrogens is 2. The van der Waals surface area contributed by atoms with Gasteiger partial charge in [0.05, 0.1) is 7.11 Å². The number of amides is 1. The summed E-state index contributed by atoms with van der Waals surface area (Å²) in [5.74, 6) is 0.812. The first-order valence-corrected chi connectivity index (χ1v) is 8.16. The lowest BCUT2D eigenvalue weighted by Crippen LogP contribution is -2.30. The van der Waals surface area contributed by atoms with Crippen molar-refractivity contribution in [1.29, 1.82) is 0 Å². The summed E-state index contributed by atoms with van der Waals surface area (Å²) in [5, 5.41) is 10.9. The van der Waals surface area contributed by atoms with Crippen LogP contribution in [0.25, 0.3) is 0 Å². The molecule has 1 atom stereocenters. The van der Waals surface area contributed by atoms with Gasteiger partial charge in [-0.3, -0.25) is 10.1 Å². The van der Waals surface area contributed by atoms with E-state index in [1.165, 1.54) is 23.1 Å². The number of nitrogens with zero attached hydrogens (tertiary/aromatic N) is 2. The Kier molecular flexibility index (Phi) is 5.40. The van der Waals surface area contributed by atoms with Gasteiger partial charge in [-0.1, -0.05) is 35.2 Å². The van der Waals surface area contributed by atoms with Crippen molar-refractivity contribution >= 4 is 34.1 Å². The summed E-state index contributed by atoms with van der Waals surface area (Å²) in [6.07, 6.45) is 1.22. The van der Waals surface area contributed by atoms with Gasteiger partial charge in [0.15, 0.2) is 21.9 Å². The van der Waals surface area contributed by atoms with Crippen LogP contribution in [0.15, 0.2) is 28.6 Å². The maximum Gasteiger partial charge on any atom is 0.266 e. The SMILES string of the molecule is COc1ccccc1O[C@@H](C)C(=O)Nc1nnc(SC)s1. The zero-order valence-electron chi connectivity index (χ0n) is 11.8. The van der Waals surface area contributed by atoms with Crippen molar-refractivity contribution in [3.05, 3.63) is 24.3 Å². The van der Waals surface area contributed by atoms with Gasteiger partial charge in [-0.2, -0.15) is 0 Å². The molecule has 0 bridgehead atoms. The molecule has 8 heteroatoms. The molecule has 1 N–H and O–H groups in total. The Morgan fingerprint density at radius 3 is 2.67 bits per heavy atom. The molecule has 0 fully saturated rings. The van der Waals surface area contributed by atoms with Gasteiger partial charge in [0.25, 0.3) is 5.91 Å². The number of nitrogens with one attached hydrogen (secondary N) is 1. The van der Waals surface area contributed by atoms with E-state index in [4.69, 9.17) is 9.47 Å². The smallest absolute Gasteiger partial charge is 0.266 e. The third-order valence-corrected chi connectivity index (χ3v) is 4.37. The van der Waals surface area contributed by atoms with Gasteiger partial charge in [-0.25, -0.2) is 0 Å². The molecule has 0 unspecified atom stereocenters. The molecule has 1 amide bonds. The first-order chi connectivity index (χ1) is 10.1. The molecule has 0 saturated carbocycles. The lowest BCUT2D eigenvalue weighted by molar-refractivity contribution is -0.122. The number of anilines is 1. The van der Waals surface area contributed by atoms with Gasteiger partial charge >= 0.3 is 0 Å². The molecule has 0 aliphatic heterocycles. The minimum Gasteiger partial charge on any atom is -0.493 e. The third kappa shape index (κ3) is 4.08. The summed E-state index contributed by atoms with van der Waals surface area (Å²) >= 11 is 2.80. The second kappa shape index (κ2) is 7.28. The van der Waals surface area contributed by atoms with Crippen molar-refractivity contribution in [2.24, 2.45) is 0 Å². The molecule has 1 heterocycles. The molecule has 0 radical (unpaired) electrons. The first-order valence-electron chi connectivity index (χ1n) is 6.12. The third-order valence-electron chi connectivity index (χ3n) is 2.55. The van der Waals surface area contributed by atoms with Gasteiger partial charge in [-0.15, -0.1) is 10.2 Å². The lowest BCUT2D eigenvalue weighted by Gasteiger charge is -2.15. The number of thioether (sulfide) groups is 1. The number of para-hydroxylation sites is 2. The van der Waals surface area contributed by atoms with Crippen molar-refractivity contribution < 1.29 is 14.3 Å². The van der Waals surface area contributed by atoms with Crippen LogP contribution in [0.5, 0.6) is 11.5 Å². The molecule has 21 heavy (non-hydrogen) atoms. The van der Waals surface area contributed by atoms with Crippen LogP contribution in [-0.4, -0.2) is 35.6 Å². The Hall–Kier alpha value is -1.80. The number of hydrogen-bond acceptors (Lipinski definition) is 7. The minimum absolute atomic E-state index is 0.287. The van der Waals surface area contributed by atoms with Crippen molar-refractivity contribution in [3.8, 4) is 11.5 Å². The molecular weight excluding hydrogens is 310 g/mol. The van der Waals surface area contributed by atoms with Gasteiger partial charge in [0.2, 0.25) is 5.13 Å². The Morgan fingerprint density at radius 2 is 2.05 bits per heavy atom. The molecule has 0 aliphatic rings. The summed E-state index contributed by atoms with van der Waals surface area (Å²) in [7, 11) is 1.55. The molecule has 1 aromatic heterocycles. The van der Waals surface area contributed by atoms with Crippen LogP contribution in [-0.2, 0) is 4.79 Å². The Bertz CT molecular complexity index is 618. The zero-order chi connectivity index (χ0) is 15.2. The maximum absolute atomic E-state index is 12.1. The van der Waals surface area contributed by atoms with Gasteiger partial charge in [0, 0.05) is 0 Å². The molecule has 2 rings (SSSR count). The van der Waals surface area contributed by atoms with Gasteiger partial charge < -0.3 is 9.47 Å². The van der Waals surface area contributed by atoms with E-state index < -0.39 is 6.10 Å². The average Bonchev–Trinajstić information content (AvgIpc) is 2.95. The highest BCUT2D eigenvalue weighted by Gasteiger charge is 2.18. The van der Waals surface area contributed by atoms with Crippen molar-refractivity contribution in [2.75, 3.05) is 18.7 Å². The van der Waals surface area contributed by atoms with Crippen LogP contribution in [0.1, 0.15) is 6.92 Å². The van der Waals surface area contributed by atoms with Crippen LogP contribution in [0.2, 0.25) is 0 Å². The largest absolute Gasteiger partial charge is 0.493 e. The molecule has 0 aliphatic carbocycles. The highest BCUT2D eigenvalue weighted by molar-refractivity contribution is 8.00. The first kappa shape index (κ1) is 15.6. The van der Waals surface area contributed by atoms with Crippen molar-refractivity contribution in [2.45, 2.75) is 17.4 Å². The topological polar surface area (TPSA) is 73.3 Å². The number of methoxy groups -OCH3 is 1. The Balaban J connectivity index is 1.99. The summed E-state index contributed by atoms with van der Waals surface area (Å²) in [6, 6.07) is 7.18. The fraction of sp³-hybridized carbons (Fsp3) is 0.308. The van der Waals surface area contributed by atoms with E-state index in [2.05, 4.69) is 15.5 Å². The van der Waals surface area contributed by atoms with E-state index in [0.29, 0.717) is 16.6 Å². The molecule has 6 nitrogen and oxygen atoms in total. The van der Waals surface area contributed by atoms with Crippen LogP contribution < -0.4 is 14.8 Å². The van der Waals surface area contributed by atoms with Crippen LogP contribution in [0.4, 0.5) is 5.13 Å². The molecule has 112 valence electrons. The Morgan fingerprint density at radius 1 is 1.33 bits per heavy atom. The van der Waals surface area contributed by atoms with Crippen molar-refractivity contribution in [1.82, 2.24) is 10.2 Å². The van der Waals surface area contributed by atoms with Crippen molar-refractivity contribution in [3.63, 3.8) is 0 Å².